The lowest BCUT2D eigenvalue weighted by Gasteiger charge is -2.02. The van der Waals surface area contributed by atoms with Crippen molar-refractivity contribution in [1.82, 2.24) is 9.97 Å². The molecule has 1 aromatic carbocycles. The second-order valence-electron chi connectivity index (χ2n) is 3.86. The predicted molar refractivity (Wildman–Crippen MR) is 67.3 cm³/mol. The van der Waals surface area contributed by atoms with Gasteiger partial charge in [-0.3, -0.25) is 0 Å². The van der Waals surface area contributed by atoms with Crippen LogP contribution in [0.1, 0.15) is 12.0 Å². The first kappa shape index (κ1) is 11.5. The van der Waals surface area contributed by atoms with Crippen LogP contribution < -0.4 is 5.73 Å². The highest BCUT2D eigenvalue weighted by molar-refractivity contribution is 5.58. The second-order valence-corrected chi connectivity index (χ2v) is 3.86. The molecule has 0 saturated carbocycles. The van der Waals surface area contributed by atoms with E-state index >= 15 is 0 Å². The van der Waals surface area contributed by atoms with Gasteiger partial charge in [-0.2, -0.15) is 0 Å². The van der Waals surface area contributed by atoms with E-state index in [9.17, 15) is 0 Å². The number of benzene rings is 1. The molecule has 4 nitrogen and oxygen atoms in total. The highest BCUT2D eigenvalue weighted by Crippen LogP contribution is 2.16. The maximum absolute atomic E-state index is 8.73. The van der Waals surface area contributed by atoms with Crippen molar-refractivity contribution < 1.29 is 5.11 Å². The zero-order valence-corrected chi connectivity index (χ0v) is 9.50. The van der Waals surface area contributed by atoms with E-state index in [2.05, 4.69) is 9.97 Å². The van der Waals surface area contributed by atoms with Gasteiger partial charge >= 0.3 is 0 Å². The minimum atomic E-state index is 0.194. The summed E-state index contributed by atoms with van der Waals surface area (Å²) < 4.78 is 0. The molecule has 0 fully saturated rings. The fourth-order valence-corrected chi connectivity index (χ4v) is 1.55. The standard InChI is InChI=1S/C13H15N3O/c14-12-5-3-11(4-6-12)13-15-8-10(9-16-13)2-1-7-17/h3-6,8-9,17H,1-2,7,14H2. The molecule has 0 saturated heterocycles. The van der Waals surface area contributed by atoms with E-state index in [4.69, 9.17) is 10.8 Å². The Morgan fingerprint density at radius 3 is 2.29 bits per heavy atom. The molecule has 0 aliphatic carbocycles. The fourth-order valence-electron chi connectivity index (χ4n) is 1.55. The molecule has 2 aromatic rings. The number of aliphatic hydroxyl groups is 1. The van der Waals surface area contributed by atoms with Crippen molar-refractivity contribution in [3.63, 3.8) is 0 Å². The minimum Gasteiger partial charge on any atom is -0.399 e. The second kappa shape index (κ2) is 5.41. The molecule has 0 spiro atoms. The van der Waals surface area contributed by atoms with Crippen LogP contribution in [-0.2, 0) is 6.42 Å². The van der Waals surface area contributed by atoms with Crippen LogP contribution >= 0.6 is 0 Å². The van der Waals surface area contributed by atoms with Crippen LogP contribution in [0.3, 0.4) is 0 Å². The van der Waals surface area contributed by atoms with Gasteiger partial charge in [0, 0.05) is 30.3 Å². The number of aryl methyl sites for hydroxylation is 1. The third kappa shape index (κ3) is 3.01. The van der Waals surface area contributed by atoms with E-state index in [1.165, 1.54) is 0 Å². The van der Waals surface area contributed by atoms with Crippen LogP contribution in [-0.4, -0.2) is 21.7 Å². The Morgan fingerprint density at radius 1 is 1.06 bits per heavy atom. The van der Waals surface area contributed by atoms with Gasteiger partial charge in [-0.1, -0.05) is 0 Å². The molecule has 3 N–H and O–H groups in total. The first-order chi connectivity index (χ1) is 8.29. The molecular weight excluding hydrogens is 214 g/mol. The molecule has 0 aliphatic rings. The predicted octanol–water partition coefficient (Wildman–Crippen LogP) is 1.65. The summed E-state index contributed by atoms with van der Waals surface area (Å²) >= 11 is 0. The summed E-state index contributed by atoms with van der Waals surface area (Å²) in [4.78, 5) is 8.60. The number of anilines is 1. The first-order valence-electron chi connectivity index (χ1n) is 5.57. The van der Waals surface area contributed by atoms with E-state index in [0.717, 1.165) is 29.7 Å². The zero-order valence-electron chi connectivity index (χ0n) is 9.50. The zero-order chi connectivity index (χ0) is 12.1. The number of rotatable bonds is 4. The number of hydrogen-bond acceptors (Lipinski definition) is 4. The lowest BCUT2D eigenvalue weighted by molar-refractivity contribution is 0.288. The van der Waals surface area contributed by atoms with Gasteiger partial charge in [0.2, 0.25) is 0 Å². The number of hydrogen-bond donors (Lipinski definition) is 2. The van der Waals surface area contributed by atoms with Crippen LogP contribution in [0.25, 0.3) is 11.4 Å². The quantitative estimate of drug-likeness (QED) is 0.782. The summed E-state index contributed by atoms with van der Waals surface area (Å²) in [6.07, 6.45) is 5.14. The average molecular weight is 229 g/mol. The molecule has 88 valence electrons. The van der Waals surface area contributed by atoms with Gasteiger partial charge in [0.05, 0.1) is 0 Å². The highest BCUT2D eigenvalue weighted by Gasteiger charge is 2.01. The Balaban J connectivity index is 2.14. The molecule has 1 aromatic heterocycles. The molecule has 4 heteroatoms. The lowest BCUT2D eigenvalue weighted by Crippen LogP contribution is -1.94. The summed E-state index contributed by atoms with van der Waals surface area (Å²) in [5.74, 6) is 0.692. The molecule has 0 amide bonds. The largest absolute Gasteiger partial charge is 0.399 e. The number of aromatic nitrogens is 2. The lowest BCUT2D eigenvalue weighted by atomic mass is 10.1. The van der Waals surface area contributed by atoms with Crippen molar-refractivity contribution in [1.29, 1.82) is 0 Å². The van der Waals surface area contributed by atoms with Gasteiger partial charge in [0.1, 0.15) is 0 Å². The van der Waals surface area contributed by atoms with Crippen molar-refractivity contribution in [3.8, 4) is 11.4 Å². The molecule has 0 aliphatic heterocycles. The normalized spacial score (nSPS) is 10.4. The van der Waals surface area contributed by atoms with Gasteiger partial charge in [-0.15, -0.1) is 0 Å². The molecule has 2 rings (SSSR count). The fraction of sp³-hybridized carbons (Fsp3) is 0.231. The Kier molecular flexibility index (Phi) is 3.67. The number of nitrogen functional groups attached to an aromatic ring is 1. The summed E-state index contributed by atoms with van der Waals surface area (Å²) in [5.41, 5.74) is 8.34. The summed E-state index contributed by atoms with van der Waals surface area (Å²) in [7, 11) is 0. The van der Waals surface area contributed by atoms with Crippen LogP contribution in [0.5, 0.6) is 0 Å². The number of nitrogens with two attached hydrogens (primary N) is 1. The van der Waals surface area contributed by atoms with E-state index < -0.39 is 0 Å². The smallest absolute Gasteiger partial charge is 0.159 e. The first-order valence-corrected chi connectivity index (χ1v) is 5.57. The van der Waals surface area contributed by atoms with E-state index in [1.807, 2.05) is 24.3 Å². The highest BCUT2D eigenvalue weighted by atomic mass is 16.2. The van der Waals surface area contributed by atoms with Gasteiger partial charge in [-0.05, 0) is 42.7 Å². The van der Waals surface area contributed by atoms with Crippen LogP contribution in [0, 0.1) is 0 Å². The van der Waals surface area contributed by atoms with Crippen LogP contribution in [0.15, 0.2) is 36.7 Å². The summed E-state index contributed by atoms with van der Waals surface area (Å²) in [6, 6.07) is 7.47. The Morgan fingerprint density at radius 2 is 1.71 bits per heavy atom. The molecule has 0 radical (unpaired) electrons. The van der Waals surface area contributed by atoms with Crippen molar-refractivity contribution in [2.75, 3.05) is 12.3 Å². The van der Waals surface area contributed by atoms with E-state index in [1.54, 1.807) is 12.4 Å². The van der Waals surface area contributed by atoms with Crippen LogP contribution in [0.2, 0.25) is 0 Å². The van der Waals surface area contributed by atoms with Crippen molar-refractivity contribution in [2.24, 2.45) is 0 Å². The molecule has 0 bridgehead atoms. The monoisotopic (exact) mass is 229 g/mol. The number of aliphatic hydroxyl groups excluding tert-OH is 1. The Labute approximate surface area is 100 Å². The molecule has 1 heterocycles. The molecule has 0 unspecified atom stereocenters. The third-order valence-corrected chi connectivity index (χ3v) is 2.50. The van der Waals surface area contributed by atoms with Crippen molar-refractivity contribution >= 4 is 5.69 Å². The van der Waals surface area contributed by atoms with E-state index in [0.29, 0.717) is 5.82 Å². The summed E-state index contributed by atoms with van der Waals surface area (Å²) in [5, 5.41) is 8.73. The topological polar surface area (TPSA) is 72.0 Å². The molecular formula is C13H15N3O. The summed E-state index contributed by atoms with van der Waals surface area (Å²) in [6.45, 7) is 0.194. The maximum atomic E-state index is 8.73. The van der Waals surface area contributed by atoms with Gasteiger partial charge in [0.25, 0.3) is 0 Å². The third-order valence-electron chi connectivity index (χ3n) is 2.50. The van der Waals surface area contributed by atoms with Crippen molar-refractivity contribution in [2.45, 2.75) is 12.8 Å². The Bertz CT molecular complexity index is 465. The molecule has 0 atom stereocenters. The van der Waals surface area contributed by atoms with Gasteiger partial charge in [-0.25, -0.2) is 9.97 Å². The number of nitrogens with zero attached hydrogens (tertiary/aromatic N) is 2. The average Bonchev–Trinajstić information content (AvgIpc) is 2.38. The van der Waals surface area contributed by atoms with Gasteiger partial charge in [0.15, 0.2) is 5.82 Å². The minimum absolute atomic E-state index is 0.194. The van der Waals surface area contributed by atoms with Gasteiger partial charge < -0.3 is 10.8 Å². The van der Waals surface area contributed by atoms with Crippen LogP contribution in [0.4, 0.5) is 5.69 Å². The maximum Gasteiger partial charge on any atom is 0.159 e. The SMILES string of the molecule is Nc1ccc(-c2ncc(CCCO)cn2)cc1. The molecule has 17 heavy (non-hydrogen) atoms. The van der Waals surface area contributed by atoms with E-state index in [-0.39, 0.29) is 6.61 Å². The van der Waals surface area contributed by atoms with Crippen molar-refractivity contribution in [3.05, 3.63) is 42.2 Å². The Hall–Kier alpha value is -1.94.